The molecule has 0 unspecified atom stereocenters. The van der Waals surface area contributed by atoms with E-state index in [-0.39, 0.29) is 5.69 Å². The van der Waals surface area contributed by atoms with Crippen molar-refractivity contribution in [3.05, 3.63) is 46.1 Å². The third kappa shape index (κ3) is 2.33. The standard InChI is InChI=1S/C11H7Cl2N5O2/c12-7-1-10-14-6(2-17(10)4-8(7)13)3-18-5-9(11(19)20)15-16-18/h1-2,4-5H,3H2,(H,19,20). The van der Waals surface area contributed by atoms with E-state index in [4.69, 9.17) is 28.3 Å². The Morgan fingerprint density at radius 1 is 1.25 bits per heavy atom. The average molecular weight is 312 g/mol. The molecule has 0 amide bonds. The van der Waals surface area contributed by atoms with E-state index in [0.717, 1.165) is 0 Å². The van der Waals surface area contributed by atoms with Gasteiger partial charge in [0.25, 0.3) is 0 Å². The number of nitrogens with zero attached hydrogens (tertiary/aromatic N) is 5. The van der Waals surface area contributed by atoms with Gasteiger partial charge < -0.3 is 9.51 Å². The molecule has 0 atom stereocenters. The summed E-state index contributed by atoms with van der Waals surface area (Å²) >= 11 is 11.8. The molecule has 3 rings (SSSR count). The number of imidazole rings is 1. The lowest BCUT2D eigenvalue weighted by Gasteiger charge is -1.96. The number of carbonyl (C=O) groups is 1. The number of rotatable bonds is 3. The summed E-state index contributed by atoms with van der Waals surface area (Å²) in [7, 11) is 0. The second-order valence-electron chi connectivity index (χ2n) is 4.07. The molecule has 1 N–H and O–H groups in total. The molecule has 0 saturated carbocycles. The van der Waals surface area contributed by atoms with Crippen LogP contribution in [0.3, 0.4) is 0 Å². The van der Waals surface area contributed by atoms with Crippen LogP contribution < -0.4 is 0 Å². The molecule has 0 fully saturated rings. The number of halogens is 2. The third-order valence-corrected chi connectivity index (χ3v) is 3.34. The van der Waals surface area contributed by atoms with Crippen LogP contribution in [0.25, 0.3) is 5.65 Å². The minimum absolute atomic E-state index is 0.111. The molecule has 0 aliphatic carbocycles. The quantitative estimate of drug-likeness (QED) is 0.799. The molecule has 0 saturated heterocycles. The Morgan fingerprint density at radius 3 is 2.75 bits per heavy atom. The fraction of sp³-hybridized carbons (Fsp3) is 0.0909. The number of aromatic nitrogens is 5. The molecule has 0 radical (unpaired) electrons. The highest BCUT2D eigenvalue weighted by atomic mass is 35.5. The molecule has 3 aromatic heterocycles. The Morgan fingerprint density at radius 2 is 2.05 bits per heavy atom. The summed E-state index contributed by atoms with van der Waals surface area (Å²) in [6.45, 7) is 0.303. The van der Waals surface area contributed by atoms with Gasteiger partial charge in [-0.25, -0.2) is 14.5 Å². The predicted octanol–water partition coefficient (Wildman–Crippen LogP) is 1.98. The lowest BCUT2D eigenvalue weighted by molar-refractivity contribution is 0.0690. The van der Waals surface area contributed by atoms with E-state index in [9.17, 15) is 4.79 Å². The number of fused-ring (bicyclic) bond motifs is 1. The smallest absolute Gasteiger partial charge is 0.358 e. The first-order chi connectivity index (χ1) is 9.52. The van der Waals surface area contributed by atoms with Gasteiger partial charge in [-0.1, -0.05) is 28.4 Å². The van der Waals surface area contributed by atoms with E-state index in [2.05, 4.69) is 15.3 Å². The van der Waals surface area contributed by atoms with Crippen molar-refractivity contribution in [3.8, 4) is 0 Å². The van der Waals surface area contributed by atoms with Crippen LogP contribution in [-0.2, 0) is 6.54 Å². The summed E-state index contributed by atoms with van der Waals surface area (Å²) in [4.78, 5) is 15.1. The van der Waals surface area contributed by atoms with Crippen molar-refractivity contribution < 1.29 is 9.90 Å². The Labute approximate surface area is 122 Å². The van der Waals surface area contributed by atoms with Crippen molar-refractivity contribution in [3.63, 3.8) is 0 Å². The molecule has 7 nitrogen and oxygen atoms in total. The average Bonchev–Trinajstić information content (AvgIpc) is 2.97. The van der Waals surface area contributed by atoms with Gasteiger partial charge in [-0.3, -0.25) is 0 Å². The summed E-state index contributed by atoms with van der Waals surface area (Å²) < 4.78 is 3.13. The maximum atomic E-state index is 10.7. The molecular weight excluding hydrogens is 305 g/mol. The Hall–Kier alpha value is -2.12. The summed E-state index contributed by atoms with van der Waals surface area (Å²) in [5.74, 6) is -1.12. The Balaban J connectivity index is 1.92. The van der Waals surface area contributed by atoms with Crippen LogP contribution in [0.2, 0.25) is 10.0 Å². The van der Waals surface area contributed by atoms with Crippen LogP contribution in [0.4, 0.5) is 0 Å². The first kappa shape index (κ1) is 12.9. The molecule has 3 aromatic rings. The van der Waals surface area contributed by atoms with E-state index >= 15 is 0 Å². The maximum Gasteiger partial charge on any atom is 0.358 e. The summed E-state index contributed by atoms with van der Waals surface area (Å²) in [6.07, 6.45) is 4.76. The molecule has 3 heterocycles. The lowest BCUT2D eigenvalue weighted by Crippen LogP contribution is -2.00. The molecule has 0 aliphatic rings. The topological polar surface area (TPSA) is 85.3 Å². The SMILES string of the molecule is O=C(O)c1cn(Cc2cn3cc(Cl)c(Cl)cc3n2)nn1. The first-order valence-electron chi connectivity index (χ1n) is 5.49. The molecular formula is C11H7Cl2N5O2. The van der Waals surface area contributed by atoms with Gasteiger partial charge in [-0.2, -0.15) is 0 Å². The molecule has 0 spiro atoms. The van der Waals surface area contributed by atoms with Gasteiger partial charge >= 0.3 is 5.97 Å². The van der Waals surface area contributed by atoms with Crippen LogP contribution in [0.5, 0.6) is 0 Å². The van der Waals surface area contributed by atoms with Crippen molar-refractivity contribution in [2.45, 2.75) is 6.54 Å². The maximum absolute atomic E-state index is 10.7. The van der Waals surface area contributed by atoms with Crippen molar-refractivity contribution in [2.24, 2.45) is 0 Å². The summed E-state index contributed by atoms with van der Waals surface area (Å²) in [5, 5.41) is 16.9. The second-order valence-corrected chi connectivity index (χ2v) is 4.89. The Bertz CT molecular complexity index is 771. The zero-order valence-electron chi connectivity index (χ0n) is 9.86. The number of hydrogen-bond acceptors (Lipinski definition) is 4. The van der Waals surface area contributed by atoms with E-state index in [1.54, 1.807) is 22.9 Å². The highest BCUT2D eigenvalue weighted by Crippen LogP contribution is 2.23. The van der Waals surface area contributed by atoms with E-state index in [1.807, 2.05) is 0 Å². The van der Waals surface area contributed by atoms with Crippen LogP contribution in [-0.4, -0.2) is 35.5 Å². The first-order valence-corrected chi connectivity index (χ1v) is 6.24. The van der Waals surface area contributed by atoms with Gasteiger partial charge in [0.2, 0.25) is 0 Å². The van der Waals surface area contributed by atoms with Gasteiger partial charge in [0.1, 0.15) is 5.65 Å². The van der Waals surface area contributed by atoms with Gasteiger partial charge in [0, 0.05) is 18.5 Å². The van der Waals surface area contributed by atoms with E-state index in [1.165, 1.54) is 10.9 Å². The number of carboxylic acids is 1. The lowest BCUT2D eigenvalue weighted by atomic mass is 10.4. The molecule has 102 valence electrons. The zero-order chi connectivity index (χ0) is 14.3. The highest BCUT2D eigenvalue weighted by molar-refractivity contribution is 6.42. The minimum atomic E-state index is -1.12. The fourth-order valence-electron chi connectivity index (χ4n) is 1.75. The van der Waals surface area contributed by atoms with Crippen LogP contribution >= 0.6 is 23.2 Å². The minimum Gasteiger partial charge on any atom is -0.476 e. The van der Waals surface area contributed by atoms with Gasteiger partial charge in [0.15, 0.2) is 5.69 Å². The second kappa shape index (κ2) is 4.77. The molecule has 9 heteroatoms. The fourth-order valence-corrected chi connectivity index (χ4v) is 2.06. The van der Waals surface area contributed by atoms with Gasteiger partial charge in [-0.05, 0) is 0 Å². The number of pyridine rings is 1. The molecule has 0 aromatic carbocycles. The number of aromatic carboxylic acids is 1. The van der Waals surface area contributed by atoms with Gasteiger partial charge in [0.05, 0.1) is 28.5 Å². The predicted molar refractivity (Wildman–Crippen MR) is 71.3 cm³/mol. The van der Waals surface area contributed by atoms with Gasteiger partial charge in [-0.15, -0.1) is 5.10 Å². The van der Waals surface area contributed by atoms with Crippen molar-refractivity contribution in [1.29, 1.82) is 0 Å². The van der Waals surface area contributed by atoms with E-state index in [0.29, 0.717) is 27.9 Å². The van der Waals surface area contributed by atoms with Crippen LogP contribution in [0.15, 0.2) is 24.7 Å². The largest absolute Gasteiger partial charge is 0.476 e. The van der Waals surface area contributed by atoms with Crippen LogP contribution in [0.1, 0.15) is 16.2 Å². The number of hydrogen-bond donors (Lipinski definition) is 1. The van der Waals surface area contributed by atoms with E-state index < -0.39 is 5.97 Å². The summed E-state index contributed by atoms with van der Waals surface area (Å²) in [5.41, 5.74) is 1.22. The summed E-state index contributed by atoms with van der Waals surface area (Å²) in [6, 6.07) is 1.65. The normalized spacial score (nSPS) is 11.1. The molecule has 0 bridgehead atoms. The highest BCUT2D eigenvalue weighted by Gasteiger charge is 2.10. The van der Waals surface area contributed by atoms with Crippen molar-refractivity contribution in [1.82, 2.24) is 24.4 Å². The number of carboxylic acid groups (broad SMARTS) is 1. The van der Waals surface area contributed by atoms with Crippen molar-refractivity contribution >= 4 is 34.8 Å². The monoisotopic (exact) mass is 311 g/mol. The Kier molecular flexibility index (Phi) is 3.07. The van der Waals surface area contributed by atoms with Crippen molar-refractivity contribution in [2.75, 3.05) is 0 Å². The molecule has 20 heavy (non-hydrogen) atoms. The zero-order valence-corrected chi connectivity index (χ0v) is 11.4. The van der Waals surface area contributed by atoms with Crippen LogP contribution in [0, 0.1) is 0 Å². The third-order valence-electron chi connectivity index (χ3n) is 2.63. The molecule has 0 aliphatic heterocycles.